The molecule has 22 heavy (non-hydrogen) atoms. The lowest BCUT2D eigenvalue weighted by molar-refractivity contribution is -0.121. The molecule has 1 heterocycles. The van der Waals surface area contributed by atoms with E-state index in [0.29, 0.717) is 19.4 Å². The fraction of sp³-hybridized carbons (Fsp3) is 0.333. The van der Waals surface area contributed by atoms with E-state index in [1.54, 1.807) is 12.4 Å². The minimum absolute atomic E-state index is 0.0161. The highest BCUT2D eigenvalue weighted by Gasteiger charge is 2.10. The highest BCUT2D eigenvalue weighted by molar-refractivity contribution is 5.76. The molecule has 1 aromatic heterocycles. The molecule has 4 nitrogen and oxygen atoms in total. The van der Waals surface area contributed by atoms with Gasteiger partial charge in [0.25, 0.3) is 0 Å². The van der Waals surface area contributed by atoms with E-state index in [0.717, 1.165) is 16.9 Å². The smallest absolute Gasteiger partial charge is 0.220 e. The van der Waals surface area contributed by atoms with Crippen LogP contribution in [0.3, 0.4) is 0 Å². The van der Waals surface area contributed by atoms with Crippen molar-refractivity contribution in [3.63, 3.8) is 0 Å². The monoisotopic (exact) mass is 298 g/mol. The Hall–Kier alpha value is -2.36. The molecule has 1 atom stereocenters. The second-order valence-electron chi connectivity index (χ2n) is 5.11. The van der Waals surface area contributed by atoms with E-state index >= 15 is 0 Å². The third-order valence-electron chi connectivity index (χ3n) is 3.48. The number of para-hydroxylation sites is 1. The summed E-state index contributed by atoms with van der Waals surface area (Å²) in [7, 11) is 0. The molecule has 0 radical (unpaired) electrons. The first-order valence-corrected chi connectivity index (χ1v) is 7.60. The number of nitrogens with zero attached hydrogens (tertiary/aromatic N) is 1. The van der Waals surface area contributed by atoms with Crippen LogP contribution in [-0.4, -0.2) is 17.5 Å². The van der Waals surface area contributed by atoms with Crippen LogP contribution in [0.2, 0.25) is 0 Å². The molecule has 0 fully saturated rings. The Kier molecular flexibility index (Phi) is 5.95. The van der Waals surface area contributed by atoms with Gasteiger partial charge in [-0.15, -0.1) is 0 Å². The zero-order valence-electron chi connectivity index (χ0n) is 13.1. The molecule has 0 bridgehead atoms. The van der Waals surface area contributed by atoms with Gasteiger partial charge in [-0.1, -0.05) is 18.2 Å². The maximum atomic E-state index is 12.1. The van der Waals surface area contributed by atoms with E-state index in [4.69, 9.17) is 4.74 Å². The van der Waals surface area contributed by atoms with Crippen molar-refractivity contribution in [3.05, 3.63) is 59.9 Å². The second-order valence-corrected chi connectivity index (χ2v) is 5.11. The van der Waals surface area contributed by atoms with Crippen LogP contribution in [0.25, 0.3) is 0 Å². The van der Waals surface area contributed by atoms with Gasteiger partial charge in [0.15, 0.2) is 0 Å². The fourth-order valence-electron chi connectivity index (χ4n) is 2.30. The van der Waals surface area contributed by atoms with Gasteiger partial charge in [0.2, 0.25) is 5.91 Å². The number of amides is 1. The largest absolute Gasteiger partial charge is 0.494 e. The molecular weight excluding hydrogens is 276 g/mol. The summed E-state index contributed by atoms with van der Waals surface area (Å²) in [5.74, 6) is 0.899. The molecule has 4 heteroatoms. The Bertz CT molecular complexity index is 599. The molecule has 0 aliphatic rings. The summed E-state index contributed by atoms with van der Waals surface area (Å²) in [6.45, 7) is 4.56. The first kappa shape index (κ1) is 16.0. The minimum atomic E-state index is -0.0161. The van der Waals surface area contributed by atoms with Gasteiger partial charge in [-0.05, 0) is 49.6 Å². The number of aryl methyl sites for hydroxylation is 1. The van der Waals surface area contributed by atoms with Crippen molar-refractivity contribution in [1.82, 2.24) is 10.3 Å². The molecule has 1 unspecified atom stereocenters. The molecule has 0 saturated heterocycles. The number of hydrogen-bond acceptors (Lipinski definition) is 3. The molecule has 0 aliphatic carbocycles. The van der Waals surface area contributed by atoms with Gasteiger partial charge in [-0.2, -0.15) is 0 Å². The third-order valence-corrected chi connectivity index (χ3v) is 3.48. The van der Waals surface area contributed by atoms with Gasteiger partial charge >= 0.3 is 0 Å². The van der Waals surface area contributed by atoms with Crippen molar-refractivity contribution in [2.24, 2.45) is 0 Å². The molecule has 2 aromatic rings. The van der Waals surface area contributed by atoms with Crippen LogP contribution < -0.4 is 10.1 Å². The van der Waals surface area contributed by atoms with E-state index in [1.807, 2.05) is 50.2 Å². The van der Waals surface area contributed by atoms with Gasteiger partial charge < -0.3 is 10.1 Å². The average molecular weight is 298 g/mol. The van der Waals surface area contributed by atoms with Crippen LogP contribution in [0.5, 0.6) is 5.75 Å². The summed E-state index contributed by atoms with van der Waals surface area (Å²) in [6, 6.07) is 11.7. The molecule has 0 saturated carbocycles. The molecule has 1 aromatic carbocycles. The number of rotatable bonds is 7. The van der Waals surface area contributed by atoms with Crippen LogP contribution in [0, 0.1) is 0 Å². The Morgan fingerprint density at radius 1 is 1.23 bits per heavy atom. The summed E-state index contributed by atoms with van der Waals surface area (Å²) in [5.41, 5.74) is 2.12. The first-order valence-electron chi connectivity index (χ1n) is 7.60. The van der Waals surface area contributed by atoms with Crippen molar-refractivity contribution in [1.29, 1.82) is 0 Å². The lowest BCUT2D eigenvalue weighted by Crippen LogP contribution is -2.26. The number of hydrogen-bond donors (Lipinski definition) is 1. The number of benzene rings is 1. The van der Waals surface area contributed by atoms with Crippen molar-refractivity contribution < 1.29 is 9.53 Å². The topological polar surface area (TPSA) is 51.2 Å². The summed E-state index contributed by atoms with van der Waals surface area (Å²) in [6.07, 6.45) is 4.58. The number of carbonyl (C=O) groups excluding carboxylic acids is 1. The Labute approximate surface area is 131 Å². The van der Waals surface area contributed by atoms with Crippen molar-refractivity contribution in [2.45, 2.75) is 32.7 Å². The predicted molar refractivity (Wildman–Crippen MR) is 86.7 cm³/mol. The highest BCUT2D eigenvalue weighted by Crippen LogP contribution is 2.19. The minimum Gasteiger partial charge on any atom is -0.494 e. The van der Waals surface area contributed by atoms with Crippen LogP contribution in [0.1, 0.15) is 37.4 Å². The zero-order chi connectivity index (χ0) is 15.8. The van der Waals surface area contributed by atoms with Crippen molar-refractivity contribution >= 4 is 5.91 Å². The summed E-state index contributed by atoms with van der Waals surface area (Å²) >= 11 is 0. The lowest BCUT2D eigenvalue weighted by atomic mass is 10.1. The number of pyridine rings is 1. The van der Waals surface area contributed by atoms with Crippen LogP contribution >= 0.6 is 0 Å². The van der Waals surface area contributed by atoms with Crippen molar-refractivity contribution in [2.75, 3.05) is 6.61 Å². The predicted octanol–water partition coefficient (Wildman–Crippen LogP) is 3.29. The molecule has 2 rings (SSSR count). The molecule has 0 aliphatic heterocycles. The summed E-state index contributed by atoms with van der Waals surface area (Å²) in [4.78, 5) is 16.1. The number of carbonyl (C=O) groups is 1. The van der Waals surface area contributed by atoms with Gasteiger partial charge in [0, 0.05) is 18.8 Å². The van der Waals surface area contributed by atoms with E-state index in [1.165, 1.54) is 0 Å². The summed E-state index contributed by atoms with van der Waals surface area (Å²) < 4.78 is 5.58. The van der Waals surface area contributed by atoms with E-state index in [2.05, 4.69) is 10.3 Å². The standard InChI is InChI=1S/C18H22N2O2/c1-3-22-17-7-5-4-6-16(17)8-9-18(21)20-14(2)15-10-12-19-13-11-15/h4-7,10-14H,3,8-9H2,1-2H3,(H,20,21). The van der Waals surface area contributed by atoms with E-state index in [-0.39, 0.29) is 11.9 Å². The normalized spacial score (nSPS) is 11.7. The van der Waals surface area contributed by atoms with Crippen LogP contribution in [0.4, 0.5) is 0 Å². The molecule has 0 spiro atoms. The van der Waals surface area contributed by atoms with Crippen molar-refractivity contribution in [3.8, 4) is 5.75 Å². The Morgan fingerprint density at radius 2 is 1.95 bits per heavy atom. The van der Waals surface area contributed by atoms with Gasteiger partial charge in [-0.3, -0.25) is 9.78 Å². The molecular formula is C18H22N2O2. The van der Waals surface area contributed by atoms with E-state index < -0.39 is 0 Å². The number of nitrogens with one attached hydrogen (secondary N) is 1. The SMILES string of the molecule is CCOc1ccccc1CCC(=O)NC(C)c1ccncc1. The van der Waals surface area contributed by atoms with Crippen LogP contribution in [-0.2, 0) is 11.2 Å². The van der Waals surface area contributed by atoms with Gasteiger partial charge in [0.05, 0.1) is 12.6 Å². The molecule has 1 amide bonds. The molecule has 116 valence electrons. The Balaban J connectivity index is 1.88. The Morgan fingerprint density at radius 3 is 2.68 bits per heavy atom. The van der Waals surface area contributed by atoms with Gasteiger partial charge in [-0.25, -0.2) is 0 Å². The quantitative estimate of drug-likeness (QED) is 0.853. The maximum absolute atomic E-state index is 12.1. The average Bonchev–Trinajstić information content (AvgIpc) is 2.55. The number of aromatic nitrogens is 1. The lowest BCUT2D eigenvalue weighted by Gasteiger charge is -2.14. The highest BCUT2D eigenvalue weighted by atomic mass is 16.5. The summed E-state index contributed by atoms with van der Waals surface area (Å²) in [5, 5.41) is 3.01. The maximum Gasteiger partial charge on any atom is 0.220 e. The van der Waals surface area contributed by atoms with Gasteiger partial charge in [0.1, 0.15) is 5.75 Å². The fourth-order valence-corrected chi connectivity index (χ4v) is 2.30. The van der Waals surface area contributed by atoms with Crippen LogP contribution in [0.15, 0.2) is 48.8 Å². The molecule has 1 N–H and O–H groups in total. The van der Waals surface area contributed by atoms with E-state index in [9.17, 15) is 4.79 Å². The zero-order valence-corrected chi connectivity index (χ0v) is 13.1. The number of ether oxygens (including phenoxy) is 1. The second kappa shape index (κ2) is 8.17. The third kappa shape index (κ3) is 4.58. The first-order chi connectivity index (χ1) is 10.7.